The molecule has 3 nitrogen and oxygen atoms in total. The molecule has 3 unspecified atom stereocenters. The van der Waals surface area contributed by atoms with E-state index in [1.54, 1.807) is 0 Å². The lowest BCUT2D eigenvalue weighted by molar-refractivity contribution is -0.135. The Hall–Kier alpha value is -0.570. The van der Waals surface area contributed by atoms with Gasteiger partial charge >= 0.3 is 0 Å². The van der Waals surface area contributed by atoms with Gasteiger partial charge in [-0.3, -0.25) is 4.79 Å². The van der Waals surface area contributed by atoms with Gasteiger partial charge in [0.2, 0.25) is 5.91 Å². The first-order valence-electron chi connectivity index (χ1n) is 8.08. The lowest BCUT2D eigenvalue weighted by atomic mass is 9.91. The third kappa shape index (κ3) is 5.52. The van der Waals surface area contributed by atoms with Crippen molar-refractivity contribution < 1.29 is 4.79 Å². The van der Waals surface area contributed by atoms with Crippen LogP contribution in [0, 0.1) is 11.8 Å². The van der Waals surface area contributed by atoms with Gasteiger partial charge in [0.1, 0.15) is 0 Å². The van der Waals surface area contributed by atoms with Crippen LogP contribution in [0.5, 0.6) is 0 Å². The number of nitrogens with two attached hydrogens (primary N) is 1. The van der Waals surface area contributed by atoms with E-state index in [4.69, 9.17) is 5.73 Å². The van der Waals surface area contributed by atoms with Crippen molar-refractivity contribution in [3.05, 3.63) is 0 Å². The predicted molar refractivity (Wildman–Crippen MR) is 80.9 cm³/mol. The summed E-state index contributed by atoms with van der Waals surface area (Å²) >= 11 is 0. The highest BCUT2D eigenvalue weighted by atomic mass is 16.2. The monoisotopic (exact) mass is 268 g/mol. The second-order valence-corrected chi connectivity index (χ2v) is 6.34. The summed E-state index contributed by atoms with van der Waals surface area (Å²) in [5, 5.41) is 0. The molecule has 0 spiro atoms. The van der Waals surface area contributed by atoms with E-state index in [1.807, 2.05) is 0 Å². The van der Waals surface area contributed by atoms with E-state index >= 15 is 0 Å². The van der Waals surface area contributed by atoms with Gasteiger partial charge in [0.25, 0.3) is 0 Å². The van der Waals surface area contributed by atoms with Crippen LogP contribution < -0.4 is 5.73 Å². The lowest BCUT2D eigenvalue weighted by Gasteiger charge is -2.37. The van der Waals surface area contributed by atoms with Crippen LogP contribution in [0.2, 0.25) is 0 Å². The number of rotatable bonds is 7. The minimum atomic E-state index is 0.359. The molecule has 0 aliphatic carbocycles. The summed E-state index contributed by atoms with van der Waals surface area (Å²) in [6.07, 6.45) is 7.51. The van der Waals surface area contributed by atoms with Crippen LogP contribution in [0.1, 0.15) is 65.7 Å². The number of hydrogen-bond acceptors (Lipinski definition) is 2. The van der Waals surface area contributed by atoms with Gasteiger partial charge in [-0.05, 0) is 51.0 Å². The molecule has 1 aliphatic rings. The SMILES string of the molecule is CCCC(CCN)CCC(=O)N1CCC(C)CC1C. The summed E-state index contributed by atoms with van der Waals surface area (Å²) in [4.78, 5) is 14.4. The molecule has 112 valence electrons. The Morgan fingerprint density at radius 2 is 2.05 bits per heavy atom. The molecule has 1 aliphatic heterocycles. The van der Waals surface area contributed by atoms with Crippen molar-refractivity contribution in [3.63, 3.8) is 0 Å². The normalized spacial score (nSPS) is 25.4. The van der Waals surface area contributed by atoms with Crippen molar-refractivity contribution >= 4 is 5.91 Å². The van der Waals surface area contributed by atoms with E-state index in [1.165, 1.54) is 12.8 Å². The van der Waals surface area contributed by atoms with Crippen LogP contribution in [0.3, 0.4) is 0 Å². The highest BCUT2D eigenvalue weighted by molar-refractivity contribution is 5.76. The second-order valence-electron chi connectivity index (χ2n) is 6.34. The summed E-state index contributed by atoms with van der Waals surface area (Å²) < 4.78 is 0. The molecule has 1 saturated heterocycles. The predicted octanol–water partition coefficient (Wildman–Crippen LogP) is 3.18. The third-order valence-electron chi connectivity index (χ3n) is 4.50. The standard InChI is InChI=1S/C16H32N2O/c1-4-5-15(8-10-17)6-7-16(19)18-11-9-13(2)12-14(18)3/h13-15H,4-12,17H2,1-3H3. The summed E-state index contributed by atoms with van der Waals surface area (Å²) in [5.41, 5.74) is 5.65. The molecule has 0 radical (unpaired) electrons. The molecule has 1 fully saturated rings. The van der Waals surface area contributed by atoms with Crippen LogP contribution in [-0.4, -0.2) is 29.9 Å². The molecular weight excluding hydrogens is 236 g/mol. The zero-order valence-corrected chi connectivity index (χ0v) is 13.0. The number of amides is 1. The summed E-state index contributed by atoms with van der Waals surface area (Å²) in [5.74, 6) is 1.76. The number of piperidine rings is 1. The lowest BCUT2D eigenvalue weighted by Crippen LogP contribution is -2.44. The van der Waals surface area contributed by atoms with Gasteiger partial charge in [0, 0.05) is 19.0 Å². The zero-order valence-electron chi connectivity index (χ0n) is 13.0. The van der Waals surface area contributed by atoms with Crippen molar-refractivity contribution in [2.24, 2.45) is 17.6 Å². The van der Waals surface area contributed by atoms with Crippen molar-refractivity contribution in [2.45, 2.75) is 71.8 Å². The first kappa shape index (κ1) is 16.5. The van der Waals surface area contributed by atoms with Crippen molar-refractivity contribution in [2.75, 3.05) is 13.1 Å². The Bertz CT molecular complexity index is 261. The Morgan fingerprint density at radius 3 is 2.63 bits per heavy atom. The van der Waals surface area contributed by atoms with Crippen molar-refractivity contribution in [1.82, 2.24) is 4.90 Å². The molecule has 0 aromatic heterocycles. The Kier molecular flexibility index (Phi) is 7.44. The number of carbonyl (C=O) groups excluding carboxylic acids is 1. The van der Waals surface area contributed by atoms with E-state index in [9.17, 15) is 4.79 Å². The number of nitrogens with zero attached hydrogens (tertiary/aromatic N) is 1. The highest BCUT2D eigenvalue weighted by Crippen LogP contribution is 2.24. The number of likely N-dealkylation sites (tertiary alicyclic amines) is 1. The zero-order chi connectivity index (χ0) is 14.3. The summed E-state index contributed by atoms with van der Waals surface area (Å²) in [6.45, 7) is 8.39. The molecule has 19 heavy (non-hydrogen) atoms. The van der Waals surface area contributed by atoms with E-state index in [2.05, 4.69) is 25.7 Å². The first-order chi connectivity index (χ1) is 9.08. The third-order valence-corrected chi connectivity index (χ3v) is 4.50. The molecule has 3 heteroatoms. The van der Waals surface area contributed by atoms with Crippen molar-refractivity contribution in [3.8, 4) is 0 Å². The molecule has 0 aromatic carbocycles. The average Bonchev–Trinajstić information content (AvgIpc) is 2.36. The first-order valence-corrected chi connectivity index (χ1v) is 8.08. The molecule has 1 amide bonds. The second kappa shape index (κ2) is 8.57. The van der Waals surface area contributed by atoms with E-state index in [0.29, 0.717) is 24.3 Å². The minimum Gasteiger partial charge on any atom is -0.340 e. The van der Waals surface area contributed by atoms with Gasteiger partial charge in [-0.15, -0.1) is 0 Å². The van der Waals surface area contributed by atoms with E-state index in [0.717, 1.165) is 44.7 Å². The Balaban J connectivity index is 2.37. The fourth-order valence-electron chi connectivity index (χ4n) is 3.33. The number of hydrogen-bond donors (Lipinski definition) is 1. The quantitative estimate of drug-likeness (QED) is 0.771. The topological polar surface area (TPSA) is 46.3 Å². The van der Waals surface area contributed by atoms with E-state index in [-0.39, 0.29) is 0 Å². The van der Waals surface area contributed by atoms with Crippen LogP contribution in [0.4, 0.5) is 0 Å². The van der Waals surface area contributed by atoms with Crippen LogP contribution in [0.25, 0.3) is 0 Å². The smallest absolute Gasteiger partial charge is 0.222 e. The maximum atomic E-state index is 12.3. The van der Waals surface area contributed by atoms with Crippen LogP contribution in [0.15, 0.2) is 0 Å². The number of carbonyl (C=O) groups is 1. The largest absolute Gasteiger partial charge is 0.340 e. The van der Waals surface area contributed by atoms with Crippen LogP contribution in [-0.2, 0) is 4.79 Å². The molecular formula is C16H32N2O. The Labute approximate surface area is 118 Å². The van der Waals surface area contributed by atoms with Gasteiger partial charge in [-0.2, -0.15) is 0 Å². The molecule has 3 atom stereocenters. The molecule has 0 saturated carbocycles. The maximum Gasteiger partial charge on any atom is 0.222 e. The van der Waals surface area contributed by atoms with Gasteiger partial charge in [-0.1, -0.05) is 26.7 Å². The van der Waals surface area contributed by atoms with Gasteiger partial charge in [0.15, 0.2) is 0 Å². The Morgan fingerprint density at radius 1 is 1.32 bits per heavy atom. The van der Waals surface area contributed by atoms with Gasteiger partial charge in [-0.25, -0.2) is 0 Å². The average molecular weight is 268 g/mol. The minimum absolute atomic E-state index is 0.359. The molecule has 0 bridgehead atoms. The molecule has 1 heterocycles. The van der Waals surface area contributed by atoms with Gasteiger partial charge in [0.05, 0.1) is 0 Å². The van der Waals surface area contributed by atoms with Crippen LogP contribution >= 0.6 is 0 Å². The molecule has 1 rings (SSSR count). The van der Waals surface area contributed by atoms with Crippen molar-refractivity contribution in [1.29, 1.82) is 0 Å². The highest BCUT2D eigenvalue weighted by Gasteiger charge is 2.26. The van der Waals surface area contributed by atoms with E-state index < -0.39 is 0 Å². The molecule has 2 N–H and O–H groups in total. The fourth-order valence-corrected chi connectivity index (χ4v) is 3.33. The summed E-state index contributed by atoms with van der Waals surface area (Å²) in [6, 6.07) is 0.426. The molecule has 0 aromatic rings. The maximum absolute atomic E-state index is 12.3. The van der Waals surface area contributed by atoms with Gasteiger partial charge < -0.3 is 10.6 Å². The fraction of sp³-hybridized carbons (Fsp3) is 0.938. The summed E-state index contributed by atoms with van der Waals surface area (Å²) in [7, 11) is 0.